The van der Waals surface area contributed by atoms with Gasteiger partial charge in [-0.25, -0.2) is 0 Å². The summed E-state index contributed by atoms with van der Waals surface area (Å²) in [6.45, 7) is 9.10. The van der Waals surface area contributed by atoms with Gasteiger partial charge in [0.15, 0.2) is 0 Å². The molecule has 0 spiro atoms. The Morgan fingerprint density at radius 1 is 0.472 bits per heavy atom. The largest absolute Gasteiger partial charge is 0.353 e. The summed E-state index contributed by atoms with van der Waals surface area (Å²) in [6.07, 6.45) is 36.2. The van der Waals surface area contributed by atoms with Crippen molar-refractivity contribution in [2.24, 2.45) is 5.92 Å². The minimum absolute atomic E-state index is 0.287. The van der Waals surface area contributed by atoms with Gasteiger partial charge in [0.2, 0.25) is 5.91 Å². The molecule has 2 nitrogen and oxygen atoms in total. The summed E-state index contributed by atoms with van der Waals surface area (Å²) >= 11 is 0. The molecule has 2 heteroatoms. The second kappa shape index (κ2) is 29.0. The summed E-state index contributed by atoms with van der Waals surface area (Å²) < 4.78 is 0. The van der Waals surface area contributed by atoms with E-state index < -0.39 is 0 Å². The molecule has 0 bridgehead atoms. The third-order valence-electron chi connectivity index (χ3n) is 8.03. The number of carbonyl (C=O) groups excluding carboxylic acids is 1. The van der Waals surface area contributed by atoms with E-state index in [0.717, 1.165) is 19.3 Å². The molecule has 0 rings (SSSR count). The zero-order valence-corrected chi connectivity index (χ0v) is 25.7. The second-order valence-corrected chi connectivity index (χ2v) is 12.1. The van der Waals surface area contributed by atoms with Gasteiger partial charge in [-0.1, -0.05) is 182 Å². The smallest absolute Gasteiger partial charge is 0.220 e. The van der Waals surface area contributed by atoms with Gasteiger partial charge in [0, 0.05) is 12.5 Å². The SMILES string of the molecule is CCCCCCCCCCCCCCCCC(NC(=O)CCCCCCCCCCCCC)C(C)C. The standard InChI is InChI=1S/C34H69NO/c1-5-7-9-11-13-15-17-18-19-21-22-24-26-28-30-33(32(3)4)35-34(36)31-29-27-25-23-20-16-14-12-10-8-6-2/h32-33H,5-31H2,1-4H3,(H,35,36). The molecule has 1 amide bonds. The highest BCUT2D eigenvalue weighted by Gasteiger charge is 2.15. The molecule has 0 radical (unpaired) electrons. The van der Waals surface area contributed by atoms with E-state index in [1.54, 1.807) is 0 Å². The van der Waals surface area contributed by atoms with Gasteiger partial charge in [0.25, 0.3) is 0 Å². The number of rotatable bonds is 29. The molecule has 36 heavy (non-hydrogen) atoms. The fourth-order valence-electron chi connectivity index (χ4n) is 5.36. The van der Waals surface area contributed by atoms with Gasteiger partial charge in [0.1, 0.15) is 0 Å². The summed E-state index contributed by atoms with van der Waals surface area (Å²) in [7, 11) is 0. The normalized spacial score (nSPS) is 12.4. The maximum atomic E-state index is 12.5. The van der Waals surface area contributed by atoms with Gasteiger partial charge in [0.05, 0.1) is 0 Å². The lowest BCUT2D eigenvalue weighted by Crippen LogP contribution is -2.38. The molecule has 0 aromatic heterocycles. The first kappa shape index (κ1) is 35.5. The van der Waals surface area contributed by atoms with E-state index in [1.165, 1.54) is 154 Å². The second-order valence-electron chi connectivity index (χ2n) is 12.1. The van der Waals surface area contributed by atoms with Gasteiger partial charge in [-0.2, -0.15) is 0 Å². The molecule has 1 N–H and O–H groups in total. The van der Waals surface area contributed by atoms with Crippen molar-refractivity contribution >= 4 is 5.91 Å². The van der Waals surface area contributed by atoms with Crippen LogP contribution in [0.4, 0.5) is 0 Å². The molecule has 1 atom stereocenters. The lowest BCUT2D eigenvalue weighted by atomic mass is 9.96. The van der Waals surface area contributed by atoms with E-state index in [2.05, 4.69) is 33.0 Å². The van der Waals surface area contributed by atoms with Crippen molar-refractivity contribution in [3.05, 3.63) is 0 Å². The fourth-order valence-corrected chi connectivity index (χ4v) is 5.36. The Morgan fingerprint density at radius 3 is 1.11 bits per heavy atom. The molecule has 0 aliphatic heterocycles. The van der Waals surface area contributed by atoms with Crippen LogP contribution in [0.1, 0.15) is 201 Å². The van der Waals surface area contributed by atoms with Crippen LogP contribution >= 0.6 is 0 Å². The lowest BCUT2D eigenvalue weighted by molar-refractivity contribution is -0.122. The first-order chi connectivity index (χ1) is 17.6. The Balaban J connectivity index is 3.55. The molecule has 216 valence electrons. The predicted octanol–water partition coefficient (Wildman–Crippen LogP) is 11.7. The van der Waals surface area contributed by atoms with Crippen molar-refractivity contribution in [1.82, 2.24) is 5.32 Å². The molecule has 1 unspecified atom stereocenters. The van der Waals surface area contributed by atoms with Crippen LogP contribution in [0, 0.1) is 5.92 Å². The van der Waals surface area contributed by atoms with E-state index >= 15 is 0 Å². The summed E-state index contributed by atoms with van der Waals surface area (Å²) in [5.74, 6) is 0.822. The molecule has 0 aromatic rings. The third-order valence-corrected chi connectivity index (χ3v) is 8.03. The van der Waals surface area contributed by atoms with E-state index in [1.807, 2.05) is 0 Å². The van der Waals surface area contributed by atoms with Crippen molar-refractivity contribution in [1.29, 1.82) is 0 Å². The van der Waals surface area contributed by atoms with E-state index in [4.69, 9.17) is 0 Å². The van der Waals surface area contributed by atoms with Crippen molar-refractivity contribution < 1.29 is 4.79 Å². The first-order valence-corrected chi connectivity index (χ1v) is 16.9. The van der Waals surface area contributed by atoms with Crippen LogP contribution in [0.15, 0.2) is 0 Å². The van der Waals surface area contributed by atoms with Crippen LogP contribution < -0.4 is 5.32 Å². The molecular formula is C34H69NO. The van der Waals surface area contributed by atoms with E-state index in [-0.39, 0.29) is 5.91 Å². The Bertz CT molecular complexity index is 433. The molecule has 0 fully saturated rings. The highest BCUT2D eigenvalue weighted by atomic mass is 16.1. The highest BCUT2D eigenvalue weighted by molar-refractivity contribution is 5.76. The number of unbranched alkanes of at least 4 members (excludes halogenated alkanes) is 23. The van der Waals surface area contributed by atoms with Crippen molar-refractivity contribution in [3.8, 4) is 0 Å². The average Bonchev–Trinajstić information content (AvgIpc) is 2.86. The molecular weight excluding hydrogens is 438 g/mol. The van der Waals surface area contributed by atoms with Gasteiger partial charge >= 0.3 is 0 Å². The van der Waals surface area contributed by atoms with E-state index in [0.29, 0.717) is 12.0 Å². The fraction of sp³-hybridized carbons (Fsp3) is 0.971. The predicted molar refractivity (Wildman–Crippen MR) is 163 cm³/mol. The Kier molecular flexibility index (Phi) is 28.6. The van der Waals surface area contributed by atoms with Crippen molar-refractivity contribution in [2.45, 2.75) is 207 Å². The number of hydrogen-bond donors (Lipinski definition) is 1. The summed E-state index contributed by atoms with van der Waals surface area (Å²) in [6, 6.07) is 0.363. The van der Waals surface area contributed by atoms with Gasteiger partial charge in [-0.3, -0.25) is 4.79 Å². The Labute approximate surface area is 228 Å². The van der Waals surface area contributed by atoms with Crippen LogP contribution in [0.3, 0.4) is 0 Å². The van der Waals surface area contributed by atoms with Crippen LogP contribution in [0.25, 0.3) is 0 Å². The monoisotopic (exact) mass is 508 g/mol. The minimum Gasteiger partial charge on any atom is -0.353 e. The molecule has 0 aliphatic carbocycles. The number of carbonyl (C=O) groups is 1. The maximum absolute atomic E-state index is 12.5. The summed E-state index contributed by atoms with van der Waals surface area (Å²) in [4.78, 5) is 12.5. The van der Waals surface area contributed by atoms with Crippen LogP contribution in [0.5, 0.6) is 0 Å². The van der Waals surface area contributed by atoms with Crippen LogP contribution in [-0.4, -0.2) is 11.9 Å². The Hall–Kier alpha value is -0.530. The van der Waals surface area contributed by atoms with E-state index in [9.17, 15) is 4.79 Å². The zero-order chi connectivity index (χ0) is 26.5. The first-order valence-electron chi connectivity index (χ1n) is 16.9. The van der Waals surface area contributed by atoms with Crippen LogP contribution in [-0.2, 0) is 4.79 Å². The average molecular weight is 508 g/mol. The van der Waals surface area contributed by atoms with Crippen molar-refractivity contribution in [2.75, 3.05) is 0 Å². The Morgan fingerprint density at radius 2 is 0.778 bits per heavy atom. The summed E-state index contributed by atoms with van der Waals surface area (Å²) in [5, 5.41) is 3.36. The molecule has 0 heterocycles. The molecule has 0 saturated carbocycles. The van der Waals surface area contributed by atoms with Crippen molar-refractivity contribution in [3.63, 3.8) is 0 Å². The zero-order valence-electron chi connectivity index (χ0n) is 25.7. The van der Waals surface area contributed by atoms with Gasteiger partial charge < -0.3 is 5.32 Å². The molecule has 0 aliphatic rings. The van der Waals surface area contributed by atoms with Gasteiger partial charge in [-0.15, -0.1) is 0 Å². The maximum Gasteiger partial charge on any atom is 0.220 e. The number of hydrogen-bond acceptors (Lipinski definition) is 1. The molecule has 0 saturated heterocycles. The lowest BCUT2D eigenvalue weighted by Gasteiger charge is -2.22. The summed E-state index contributed by atoms with van der Waals surface area (Å²) in [5.41, 5.74) is 0. The van der Waals surface area contributed by atoms with Crippen LogP contribution in [0.2, 0.25) is 0 Å². The van der Waals surface area contributed by atoms with Gasteiger partial charge in [-0.05, 0) is 18.8 Å². The third kappa shape index (κ3) is 26.5. The highest BCUT2D eigenvalue weighted by Crippen LogP contribution is 2.16. The molecule has 0 aromatic carbocycles. The minimum atomic E-state index is 0.287. The quantitative estimate of drug-likeness (QED) is 0.100. The number of nitrogens with one attached hydrogen (secondary N) is 1. The number of amides is 1. The topological polar surface area (TPSA) is 29.1 Å².